The molecule has 0 radical (unpaired) electrons. The van der Waals surface area contributed by atoms with Crippen LogP contribution in [0.2, 0.25) is 0 Å². The molecule has 0 aromatic carbocycles. The van der Waals surface area contributed by atoms with E-state index >= 15 is 0 Å². The summed E-state index contributed by atoms with van der Waals surface area (Å²) in [5.41, 5.74) is 1.42. The fraction of sp³-hybridized carbons (Fsp3) is 0.267. The van der Waals surface area contributed by atoms with Crippen LogP contribution < -0.4 is 10.6 Å². The summed E-state index contributed by atoms with van der Waals surface area (Å²) in [5.74, 6) is 0.965. The molecule has 5 nitrogen and oxygen atoms in total. The van der Waals surface area contributed by atoms with Gasteiger partial charge in [0.1, 0.15) is 17.3 Å². The van der Waals surface area contributed by atoms with Crippen molar-refractivity contribution in [2.45, 2.75) is 20.3 Å². The molecule has 0 aliphatic heterocycles. The van der Waals surface area contributed by atoms with Crippen molar-refractivity contribution < 1.29 is 4.79 Å². The van der Waals surface area contributed by atoms with Crippen LogP contribution in [0.3, 0.4) is 0 Å². The van der Waals surface area contributed by atoms with E-state index in [-0.39, 0.29) is 5.91 Å². The van der Waals surface area contributed by atoms with Gasteiger partial charge in [-0.2, -0.15) is 0 Å². The highest BCUT2D eigenvalue weighted by Gasteiger charge is 2.08. The number of nitrogens with one attached hydrogen (secondary N) is 2. The molecule has 0 aliphatic rings. The van der Waals surface area contributed by atoms with Crippen molar-refractivity contribution >= 4 is 17.5 Å². The molecule has 0 saturated heterocycles. The monoisotopic (exact) mass is 270 g/mol. The Bertz CT molecular complexity index is 581. The van der Waals surface area contributed by atoms with E-state index in [1.807, 2.05) is 25.1 Å². The summed E-state index contributed by atoms with van der Waals surface area (Å²) in [7, 11) is 0. The van der Waals surface area contributed by atoms with Crippen molar-refractivity contribution in [1.82, 2.24) is 9.97 Å². The van der Waals surface area contributed by atoms with Gasteiger partial charge in [0, 0.05) is 12.7 Å². The van der Waals surface area contributed by atoms with Crippen LogP contribution in [0, 0.1) is 6.92 Å². The summed E-state index contributed by atoms with van der Waals surface area (Å²) in [6.07, 6.45) is 2.72. The number of amides is 1. The summed E-state index contributed by atoms with van der Waals surface area (Å²) < 4.78 is 0. The van der Waals surface area contributed by atoms with Crippen LogP contribution in [0.5, 0.6) is 0 Å². The molecule has 0 fully saturated rings. The van der Waals surface area contributed by atoms with Gasteiger partial charge in [-0.05, 0) is 37.1 Å². The van der Waals surface area contributed by atoms with Gasteiger partial charge in [0.25, 0.3) is 5.91 Å². The molecule has 0 bridgehead atoms. The van der Waals surface area contributed by atoms with E-state index in [0.717, 1.165) is 18.5 Å². The number of carbonyl (C=O) groups excluding carboxylic acids is 1. The number of carbonyl (C=O) groups is 1. The minimum atomic E-state index is -0.262. The van der Waals surface area contributed by atoms with E-state index in [1.54, 1.807) is 18.3 Å². The third-order valence-electron chi connectivity index (χ3n) is 2.69. The maximum atomic E-state index is 12.1. The lowest BCUT2D eigenvalue weighted by atomic mass is 10.3. The van der Waals surface area contributed by atoms with E-state index in [1.165, 1.54) is 0 Å². The molecule has 5 heteroatoms. The Hall–Kier alpha value is -2.43. The van der Waals surface area contributed by atoms with Crippen LogP contribution >= 0.6 is 0 Å². The summed E-state index contributed by atoms with van der Waals surface area (Å²) >= 11 is 0. The third kappa shape index (κ3) is 3.78. The molecule has 2 heterocycles. The standard InChI is InChI=1S/C15H18N4O/c1-3-9-16-13-6-4-5-12(18-13)15(20)19-14-8-7-11(2)10-17-14/h4-8,10H,3,9H2,1-2H3,(H,16,18)(H,17,19,20). The first kappa shape index (κ1) is 14.0. The molecule has 2 N–H and O–H groups in total. The topological polar surface area (TPSA) is 66.9 Å². The molecule has 2 rings (SSSR count). The molecule has 2 aromatic heterocycles. The summed E-state index contributed by atoms with van der Waals surface area (Å²) in [6, 6.07) is 9.00. The van der Waals surface area contributed by atoms with Crippen LogP contribution in [-0.4, -0.2) is 22.4 Å². The van der Waals surface area contributed by atoms with Crippen LogP contribution in [0.1, 0.15) is 29.4 Å². The zero-order valence-electron chi connectivity index (χ0n) is 11.7. The van der Waals surface area contributed by atoms with Crippen molar-refractivity contribution in [3.63, 3.8) is 0 Å². The minimum Gasteiger partial charge on any atom is -0.370 e. The molecular weight excluding hydrogens is 252 g/mol. The van der Waals surface area contributed by atoms with Gasteiger partial charge in [0.2, 0.25) is 0 Å². The Labute approximate surface area is 118 Å². The molecular formula is C15H18N4O. The van der Waals surface area contributed by atoms with Crippen LogP contribution in [0.25, 0.3) is 0 Å². The smallest absolute Gasteiger partial charge is 0.275 e. The van der Waals surface area contributed by atoms with Crippen molar-refractivity contribution in [3.8, 4) is 0 Å². The largest absolute Gasteiger partial charge is 0.370 e. The Kier molecular flexibility index (Phi) is 4.65. The van der Waals surface area contributed by atoms with Gasteiger partial charge < -0.3 is 10.6 Å². The predicted molar refractivity (Wildman–Crippen MR) is 79.9 cm³/mol. The first-order chi connectivity index (χ1) is 9.69. The molecule has 104 valence electrons. The number of hydrogen-bond acceptors (Lipinski definition) is 4. The summed E-state index contributed by atoms with van der Waals surface area (Å²) in [4.78, 5) is 20.5. The second kappa shape index (κ2) is 6.65. The van der Waals surface area contributed by atoms with Crippen LogP contribution in [0.4, 0.5) is 11.6 Å². The fourth-order valence-electron chi connectivity index (χ4n) is 1.63. The Morgan fingerprint density at radius 3 is 2.75 bits per heavy atom. The molecule has 0 saturated carbocycles. The zero-order valence-corrected chi connectivity index (χ0v) is 11.7. The van der Waals surface area contributed by atoms with Gasteiger partial charge in [-0.15, -0.1) is 0 Å². The average molecular weight is 270 g/mol. The molecule has 0 spiro atoms. The highest BCUT2D eigenvalue weighted by atomic mass is 16.1. The van der Waals surface area contributed by atoms with E-state index in [9.17, 15) is 4.79 Å². The van der Waals surface area contributed by atoms with E-state index < -0.39 is 0 Å². The van der Waals surface area contributed by atoms with Gasteiger partial charge in [0.15, 0.2) is 0 Å². The van der Waals surface area contributed by atoms with E-state index in [4.69, 9.17) is 0 Å². The number of hydrogen-bond donors (Lipinski definition) is 2. The average Bonchev–Trinajstić information content (AvgIpc) is 2.48. The van der Waals surface area contributed by atoms with Crippen LogP contribution in [0.15, 0.2) is 36.5 Å². The quantitative estimate of drug-likeness (QED) is 0.876. The summed E-state index contributed by atoms with van der Waals surface area (Å²) in [5, 5.41) is 5.88. The number of rotatable bonds is 5. The van der Waals surface area contributed by atoms with Crippen molar-refractivity contribution in [3.05, 3.63) is 47.8 Å². The predicted octanol–water partition coefficient (Wildman–Crippen LogP) is 2.86. The molecule has 20 heavy (non-hydrogen) atoms. The molecule has 0 unspecified atom stereocenters. The van der Waals surface area contributed by atoms with Gasteiger partial charge >= 0.3 is 0 Å². The van der Waals surface area contributed by atoms with Gasteiger partial charge in [0.05, 0.1) is 0 Å². The van der Waals surface area contributed by atoms with E-state index in [2.05, 4.69) is 27.5 Å². The maximum absolute atomic E-state index is 12.1. The Morgan fingerprint density at radius 2 is 2.05 bits per heavy atom. The highest BCUT2D eigenvalue weighted by molar-refractivity contribution is 6.02. The molecule has 0 aliphatic carbocycles. The summed E-state index contributed by atoms with van der Waals surface area (Å²) in [6.45, 7) is 4.85. The van der Waals surface area contributed by atoms with Crippen LogP contribution in [-0.2, 0) is 0 Å². The van der Waals surface area contributed by atoms with Crippen molar-refractivity contribution in [2.75, 3.05) is 17.2 Å². The first-order valence-electron chi connectivity index (χ1n) is 6.64. The number of pyridine rings is 2. The maximum Gasteiger partial charge on any atom is 0.275 e. The molecule has 2 aromatic rings. The lowest BCUT2D eigenvalue weighted by molar-refractivity contribution is 0.102. The van der Waals surface area contributed by atoms with Gasteiger partial charge in [-0.25, -0.2) is 9.97 Å². The number of aromatic nitrogens is 2. The second-order valence-corrected chi connectivity index (χ2v) is 4.51. The van der Waals surface area contributed by atoms with Crippen molar-refractivity contribution in [2.24, 2.45) is 0 Å². The molecule has 0 atom stereocenters. The number of anilines is 2. The third-order valence-corrected chi connectivity index (χ3v) is 2.69. The van der Waals surface area contributed by atoms with Gasteiger partial charge in [-0.3, -0.25) is 4.79 Å². The Morgan fingerprint density at radius 1 is 1.20 bits per heavy atom. The normalized spacial score (nSPS) is 10.1. The lowest BCUT2D eigenvalue weighted by Gasteiger charge is -2.07. The number of nitrogens with zero attached hydrogens (tertiary/aromatic N) is 2. The number of aryl methyl sites for hydroxylation is 1. The van der Waals surface area contributed by atoms with Crippen molar-refractivity contribution in [1.29, 1.82) is 0 Å². The second-order valence-electron chi connectivity index (χ2n) is 4.51. The van der Waals surface area contributed by atoms with E-state index in [0.29, 0.717) is 17.3 Å². The SMILES string of the molecule is CCCNc1cccc(C(=O)Nc2ccc(C)cn2)n1. The minimum absolute atomic E-state index is 0.262. The zero-order chi connectivity index (χ0) is 14.4. The first-order valence-corrected chi connectivity index (χ1v) is 6.64. The fourth-order valence-corrected chi connectivity index (χ4v) is 1.63. The molecule has 1 amide bonds. The van der Waals surface area contributed by atoms with Gasteiger partial charge in [-0.1, -0.05) is 19.1 Å². The lowest BCUT2D eigenvalue weighted by Crippen LogP contribution is -2.15. The highest BCUT2D eigenvalue weighted by Crippen LogP contribution is 2.09. The Balaban J connectivity index is 2.06.